The van der Waals surface area contributed by atoms with Crippen molar-refractivity contribution in [3.63, 3.8) is 0 Å². The van der Waals surface area contributed by atoms with E-state index in [4.69, 9.17) is 10.5 Å². The number of hydrogen-bond acceptors (Lipinski definition) is 3. The molecule has 0 spiro atoms. The zero-order valence-corrected chi connectivity index (χ0v) is 8.20. The van der Waals surface area contributed by atoms with Crippen LogP contribution in [-0.2, 0) is 4.74 Å². The van der Waals surface area contributed by atoms with Crippen LogP contribution in [0.15, 0.2) is 4.99 Å². The minimum atomic E-state index is -0.569. The molecular formula is C8H15N3O2. The Morgan fingerprint density at radius 1 is 1.69 bits per heavy atom. The molecule has 1 unspecified atom stereocenters. The summed E-state index contributed by atoms with van der Waals surface area (Å²) in [6.07, 6.45) is 0. The zero-order valence-electron chi connectivity index (χ0n) is 8.20. The van der Waals surface area contributed by atoms with Gasteiger partial charge in [0.05, 0.1) is 6.61 Å². The number of likely N-dealkylation sites (N-methyl/N-ethyl adjacent to an activating group) is 1. The number of carbonyl (C=O) groups excluding carboxylic acids is 1. The van der Waals surface area contributed by atoms with E-state index in [-0.39, 0.29) is 6.03 Å². The van der Waals surface area contributed by atoms with Crippen LogP contribution in [0.3, 0.4) is 0 Å². The summed E-state index contributed by atoms with van der Waals surface area (Å²) in [7, 11) is 1.58. The Hall–Kier alpha value is -1.10. The third kappa shape index (κ3) is 1.39. The van der Waals surface area contributed by atoms with Gasteiger partial charge in [0.1, 0.15) is 11.4 Å². The van der Waals surface area contributed by atoms with Gasteiger partial charge in [0.25, 0.3) is 0 Å². The van der Waals surface area contributed by atoms with Crippen LogP contribution in [0.5, 0.6) is 0 Å². The van der Waals surface area contributed by atoms with E-state index in [9.17, 15) is 4.79 Å². The van der Waals surface area contributed by atoms with Gasteiger partial charge >= 0.3 is 6.03 Å². The van der Waals surface area contributed by atoms with Crippen LogP contribution in [-0.4, -0.2) is 42.6 Å². The number of nitrogens with zero attached hydrogens (tertiary/aromatic N) is 2. The molecule has 0 aromatic heterocycles. The lowest BCUT2D eigenvalue weighted by atomic mass is 10.0. The van der Waals surface area contributed by atoms with Crippen molar-refractivity contribution in [2.75, 3.05) is 20.3 Å². The summed E-state index contributed by atoms with van der Waals surface area (Å²) >= 11 is 0. The number of rotatable bonds is 3. The lowest BCUT2D eigenvalue weighted by molar-refractivity contribution is 0.0954. The second-order valence-corrected chi connectivity index (χ2v) is 3.23. The first kappa shape index (κ1) is 9.98. The highest BCUT2D eigenvalue weighted by molar-refractivity contribution is 6.05. The SMILES string of the molecule is CCN1C(=O)N=C(N)C1(C)COC. The molecule has 2 amide bonds. The predicted octanol–water partition coefficient (Wildman–Crippen LogP) is 0.204. The standard InChI is InChI=1S/C8H15N3O2/c1-4-11-7(12)10-6(9)8(11,2)5-13-3/h4-5H2,1-3H3,(H2,9,10,12). The largest absolute Gasteiger partial charge is 0.385 e. The van der Waals surface area contributed by atoms with Crippen molar-refractivity contribution in [1.29, 1.82) is 0 Å². The number of methoxy groups -OCH3 is 1. The van der Waals surface area contributed by atoms with Gasteiger partial charge in [0.15, 0.2) is 0 Å². The number of nitrogens with two attached hydrogens (primary N) is 1. The Bertz CT molecular complexity index is 252. The first-order valence-corrected chi connectivity index (χ1v) is 4.21. The van der Waals surface area contributed by atoms with Crippen LogP contribution in [0, 0.1) is 0 Å². The maximum absolute atomic E-state index is 11.3. The van der Waals surface area contributed by atoms with E-state index in [1.165, 1.54) is 0 Å². The van der Waals surface area contributed by atoms with Crippen LogP contribution >= 0.6 is 0 Å². The van der Waals surface area contributed by atoms with Gasteiger partial charge in [0.2, 0.25) is 0 Å². The van der Waals surface area contributed by atoms with Crippen molar-refractivity contribution in [2.24, 2.45) is 10.7 Å². The molecule has 74 valence electrons. The summed E-state index contributed by atoms with van der Waals surface area (Å²) in [5.41, 5.74) is 5.09. The van der Waals surface area contributed by atoms with Gasteiger partial charge in [-0.1, -0.05) is 0 Å². The fourth-order valence-corrected chi connectivity index (χ4v) is 1.55. The Morgan fingerprint density at radius 2 is 2.31 bits per heavy atom. The van der Waals surface area contributed by atoms with Crippen molar-refractivity contribution < 1.29 is 9.53 Å². The molecule has 1 aliphatic rings. The lowest BCUT2D eigenvalue weighted by Gasteiger charge is -2.32. The molecule has 5 nitrogen and oxygen atoms in total. The summed E-state index contributed by atoms with van der Waals surface area (Å²) < 4.78 is 5.02. The minimum absolute atomic E-state index is 0.278. The van der Waals surface area contributed by atoms with Gasteiger partial charge in [-0.3, -0.25) is 0 Å². The maximum Gasteiger partial charge on any atom is 0.346 e. The van der Waals surface area contributed by atoms with Gasteiger partial charge < -0.3 is 15.4 Å². The molecule has 0 fully saturated rings. The highest BCUT2D eigenvalue weighted by atomic mass is 16.5. The molecule has 1 aliphatic heterocycles. The van der Waals surface area contributed by atoms with E-state index in [1.54, 1.807) is 12.0 Å². The fraction of sp³-hybridized carbons (Fsp3) is 0.750. The molecule has 0 aromatic rings. The van der Waals surface area contributed by atoms with Crippen LogP contribution in [0.25, 0.3) is 0 Å². The van der Waals surface area contributed by atoms with Crippen molar-refractivity contribution in [1.82, 2.24) is 4.90 Å². The molecule has 0 bridgehead atoms. The van der Waals surface area contributed by atoms with Crippen LogP contribution in [0.2, 0.25) is 0 Å². The van der Waals surface area contributed by atoms with Crippen molar-refractivity contribution in [3.05, 3.63) is 0 Å². The second kappa shape index (κ2) is 3.33. The summed E-state index contributed by atoms with van der Waals surface area (Å²) in [5, 5.41) is 0. The van der Waals surface area contributed by atoms with E-state index in [2.05, 4.69) is 4.99 Å². The van der Waals surface area contributed by atoms with Gasteiger partial charge in [-0.15, -0.1) is 0 Å². The quantitative estimate of drug-likeness (QED) is 0.683. The fourth-order valence-electron chi connectivity index (χ4n) is 1.55. The second-order valence-electron chi connectivity index (χ2n) is 3.23. The number of hydrogen-bond donors (Lipinski definition) is 1. The molecular weight excluding hydrogens is 170 g/mol. The average Bonchev–Trinajstić information content (AvgIpc) is 2.24. The van der Waals surface area contributed by atoms with Crippen molar-refractivity contribution in [2.45, 2.75) is 19.4 Å². The molecule has 0 aliphatic carbocycles. The van der Waals surface area contributed by atoms with Crippen LogP contribution < -0.4 is 5.73 Å². The molecule has 0 aromatic carbocycles. The monoisotopic (exact) mass is 185 g/mol. The van der Waals surface area contributed by atoms with Crippen LogP contribution in [0.4, 0.5) is 4.79 Å². The molecule has 1 atom stereocenters. The molecule has 0 radical (unpaired) electrons. The molecule has 5 heteroatoms. The molecule has 1 rings (SSSR count). The van der Waals surface area contributed by atoms with Gasteiger partial charge in [0, 0.05) is 13.7 Å². The molecule has 1 heterocycles. The summed E-state index contributed by atoms with van der Waals surface area (Å²) in [6.45, 7) is 4.70. The third-order valence-electron chi connectivity index (χ3n) is 2.34. The van der Waals surface area contributed by atoms with Gasteiger partial charge in [-0.2, -0.15) is 4.99 Å². The number of amidine groups is 1. The maximum atomic E-state index is 11.3. The number of amides is 2. The highest BCUT2D eigenvalue weighted by Gasteiger charge is 2.43. The van der Waals surface area contributed by atoms with E-state index in [1.807, 2.05) is 13.8 Å². The number of ether oxygens (including phenoxy) is 1. The Kier molecular flexibility index (Phi) is 2.56. The molecule has 13 heavy (non-hydrogen) atoms. The van der Waals surface area contributed by atoms with E-state index < -0.39 is 5.54 Å². The topological polar surface area (TPSA) is 67.9 Å². The molecule has 0 saturated heterocycles. The Balaban J connectivity index is 2.93. The van der Waals surface area contributed by atoms with E-state index in [0.29, 0.717) is 19.0 Å². The van der Waals surface area contributed by atoms with Crippen molar-refractivity contribution in [3.8, 4) is 0 Å². The zero-order chi connectivity index (χ0) is 10.1. The lowest BCUT2D eigenvalue weighted by Crippen LogP contribution is -2.54. The normalized spacial score (nSPS) is 28.1. The Morgan fingerprint density at radius 3 is 2.77 bits per heavy atom. The highest BCUT2D eigenvalue weighted by Crippen LogP contribution is 2.22. The van der Waals surface area contributed by atoms with Crippen molar-refractivity contribution >= 4 is 11.9 Å². The average molecular weight is 185 g/mol. The summed E-state index contributed by atoms with van der Waals surface area (Å²) in [6, 6.07) is -0.278. The minimum Gasteiger partial charge on any atom is -0.385 e. The summed E-state index contributed by atoms with van der Waals surface area (Å²) in [4.78, 5) is 16.6. The van der Waals surface area contributed by atoms with E-state index >= 15 is 0 Å². The first-order chi connectivity index (χ1) is 6.06. The van der Waals surface area contributed by atoms with E-state index in [0.717, 1.165) is 0 Å². The van der Waals surface area contributed by atoms with Crippen LogP contribution in [0.1, 0.15) is 13.8 Å². The summed E-state index contributed by atoms with van der Waals surface area (Å²) in [5.74, 6) is 0.334. The predicted molar refractivity (Wildman–Crippen MR) is 49.7 cm³/mol. The molecule has 2 N–H and O–H groups in total. The first-order valence-electron chi connectivity index (χ1n) is 4.21. The smallest absolute Gasteiger partial charge is 0.346 e. The van der Waals surface area contributed by atoms with Gasteiger partial charge in [-0.25, -0.2) is 4.79 Å². The molecule has 0 saturated carbocycles. The number of carbonyl (C=O) groups is 1. The number of urea groups is 1. The van der Waals surface area contributed by atoms with Gasteiger partial charge in [-0.05, 0) is 13.8 Å². The Labute approximate surface area is 77.6 Å². The third-order valence-corrected chi connectivity index (χ3v) is 2.34. The number of aliphatic imine (C=N–C) groups is 1.